The van der Waals surface area contributed by atoms with Gasteiger partial charge < -0.3 is 10.2 Å². The summed E-state index contributed by atoms with van der Waals surface area (Å²) in [5.41, 5.74) is 1.79. The minimum atomic E-state index is -0.0812. The summed E-state index contributed by atoms with van der Waals surface area (Å²) in [6.07, 6.45) is 3.63. The lowest BCUT2D eigenvalue weighted by molar-refractivity contribution is 0.556. The van der Waals surface area contributed by atoms with Crippen molar-refractivity contribution in [3.8, 4) is 0 Å². The molecule has 17 heavy (non-hydrogen) atoms. The molecule has 0 atom stereocenters. The Labute approximate surface area is 103 Å². The van der Waals surface area contributed by atoms with E-state index in [1.54, 1.807) is 6.07 Å². The predicted octanol–water partition coefficient (Wildman–Crippen LogP) is 2.93. The van der Waals surface area contributed by atoms with Gasteiger partial charge in [0.1, 0.15) is 5.82 Å². The Morgan fingerprint density at radius 3 is 2.65 bits per heavy atom. The van der Waals surface area contributed by atoms with Crippen molar-refractivity contribution in [1.82, 2.24) is 5.32 Å². The molecule has 0 unspecified atom stereocenters. The molecular weight excluding hydrogens is 215 g/mol. The summed E-state index contributed by atoms with van der Waals surface area (Å²) >= 11 is 0. The number of anilines is 1. The third-order valence-electron chi connectivity index (χ3n) is 3.29. The zero-order valence-electron chi connectivity index (χ0n) is 10.5. The SMILES string of the molecule is CCNCc1ccc(N2CCCCC2)c(F)c1. The van der Waals surface area contributed by atoms with Crippen LogP contribution >= 0.6 is 0 Å². The molecule has 1 aromatic carbocycles. The average molecular weight is 236 g/mol. The van der Waals surface area contributed by atoms with E-state index in [1.165, 1.54) is 19.3 Å². The van der Waals surface area contributed by atoms with E-state index >= 15 is 0 Å². The van der Waals surface area contributed by atoms with Crippen LogP contribution in [0.1, 0.15) is 31.7 Å². The number of nitrogens with zero attached hydrogens (tertiary/aromatic N) is 1. The van der Waals surface area contributed by atoms with Gasteiger partial charge in [-0.25, -0.2) is 4.39 Å². The van der Waals surface area contributed by atoms with E-state index in [0.717, 1.165) is 37.4 Å². The van der Waals surface area contributed by atoms with Gasteiger partial charge in [-0.1, -0.05) is 13.0 Å². The van der Waals surface area contributed by atoms with E-state index in [4.69, 9.17) is 0 Å². The third-order valence-corrected chi connectivity index (χ3v) is 3.29. The molecule has 1 saturated heterocycles. The number of halogens is 1. The first-order valence-electron chi connectivity index (χ1n) is 6.55. The van der Waals surface area contributed by atoms with Crippen LogP contribution in [-0.4, -0.2) is 19.6 Å². The van der Waals surface area contributed by atoms with E-state index in [1.807, 2.05) is 12.1 Å². The third kappa shape index (κ3) is 3.19. The molecule has 1 N–H and O–H groups in total. The molecule has 0 saturated carbocycles. The molecule has 2 rings (SSSR count). The smallest absolute Gasteiger partial charge is 0.146 e. The van der Waals surface area contributed by atoms with Gasteiger partial charge in [-0.3, -0.25) is 0 Å². The Bertz CT molecular complexity index is 359. The molecule has 2 nitrogen and oxygen atoms in total. The van der Waals surface area contributed by atoms with Gasteiger partial charge in [0.2, 0.25) is 0 Å². The first-order valence-corrected chi connectivity index (χ1v) is 6.55. The van der Waals surface area contributed by atoms with Gasteiger partial charge in [0.05, 0.1) is 5.69 Å². The largest absolute Gasteiger partial charge is 0.369 e. The van der Waals surface area contributed by atoms with Crippen molar-refractivity contribution in [2.24, 2.45) is 0 Å². The quantitative estimate of drug-likeness (QED) is 0.864. The Kier molecular flexibility index (Phi) is 4.37. The Hall–Kier alpha value is -1.09. The second-order valence-electron chi connectivity index (χ2n) is 4.61. The van der Waals surface area contributed by atoms with Crippen molar-refractivity contribution in [2.75, 3.05) is 24.5 Å². The van der Waals surface area contributed by atoms with Gasteiger partial charge in [-0.15, -0.1) is 0 Å². The van der Waals surface area contributed by atoms with Crippen molar-refractivity contribution in [2.45, 2.75) is 32.7 Å². The van der Waals surface area contributed by atoms with Crippen LogP contribution in [0.3, 0.4) is 0 Å². The molecule has 0 spiro atoms. The normalized spacial score (nSPS) is 16.2. The molecule has 1 fully saturated rings. The van der Waals surface area contributed by atoms with Gasteiger partial charge in [0.25, 0.3) is 0 Å². The number of nitrogens with one attached hydrogen (secondary N) is 1. The summed E-state index contributed by atoms with van der Waals surface area (Å²) in [6.45, 7) is 5.69. The highest BCUT2D eigenvalue weighted by atomic mass is 19.1. The zero-order chi connectivity index (χ0) is 12.1. The van der Waals surface area contributed by atoms with Crippen LogP contribution in [0, 0.1) is 5.82 Å². The van der Waals surface area contributed by atoms with Crippen LogP contribution in [0.15, 0.2) is 18.2 Å². The maximum atomic E-state index is 14.0. The summed E-state index contributed by atoms with van der Waals surface area (Å²) in [6, 6.07) is 5.61. The summed E-state index contributed by atoms with van der Waals surface area (Å²) in [5.74, 6) is -0.0812. The van der Waals surface area contributed by atoms with Gasteiger partial charge in [0, 0.05) is 19.6 Å². The van der Waals surface area contributed by atoms with Crippen molar-refractivity contribution in [3.05, 3.63) is 29.6 Å². The molecule has 0 radical (unpaired) electrons. The van der Waals surface area contributed by atoms with Crippen LogP contribution in [-0.2, 0) is 6.54 Å². The van der Waals surface area contributed by atoms with Gasteiger partial charge in [-0.05, 0) is 43.5 Å². The highest BCUT2D eigenvalue weighted by molar-refractivity contribution is 5.49. The maximum absolute atomic E-state index is 14.0. The first kappa shape index (κ1) is 12.4. The first-order chi connectivity index (χ1) is 8.31. The second-order valence-corrected chi connectivity index (χ2v) is 4.61. The Balaban J connectivity index is 2.07. The van der Waals surface area contributed by atoms with E-state index in [9.17, 15) is 4.39 Å². The second kappa shape index (κ2) is 6.01. The fraction of sp³-hybridized carbons (Fsp3) is 0.571. The molecule has 0 aromatic heterocycles. The van der Waals surface area contributed by atoms with Crippen LogP contribution in [0.5, 0.6) is 0 Å². The Morgan fingerprint density at radius 2 is 2.00 bits per heavy atom. The summed E-state index contributed by atoms with van der Waals surface area (Å²) < 4.78 is 14.0. The highest BCUT2D eigenvalue weighted by Gasteiger charge is 2.14. The van der Waals surface area contributed by atoms with Gasteiger partial charge >= 0.3 is 0 Å². The molecule has 1 aliphatic rings. The standard InChI is InChI=1S/C14H21FN2/c1-2-16-11-12-6-7-14(13(15)10-12)17-8-4-3-5-9-17/h6-7,10,16H,2-5,8-9,11H2,1H3. The Morgan fingerprint density at radius 1 is 1.24 bits per heavy atom. The molecule has 0 amide bonds. The summed E-state index contributed by atoms with van der Waals surface area (Å²) in [7, 11) is 0. The number of rotatable bonds is 4. The molecule has 94 valence electrons. The maximum Gasteiger partial charge on any atom is 0.146 e. The lowest BCUT2D eigenvalue weighted by atomic mass is 10.1. The minimum absolute atomic E-state index is 0.0812. The minimum Gasteiger partial charge on any atom is -0.369 e. The molecular formula is C14H21FN2. The van der Waals surface area contributed by atoms with E-state index < -0.39 is 0 Å². The fourth-order valence-electron chi connectivity index (χ4n) is 2.32. The van der Waals surface area contributed by atoms with E-state index in [-0.39, 0.29) is 5.82 Å². The summed E-state index contributed by atoms with van der Waals surface area (Å²) in [4.78, 5) is 2.16. The zero-order valence-corrected chi connectivity index (χ0v) is 10.5. The average Bonchev–Trinajstić information content (AvgIpc) is 2.37. The van der Waals surface area contributed by atoms with Crippen molar-refractivity contribution < 1.29 is 4.39 Å². The van der Waals surface area contributed by atoms with Crippen molar-refractivity contribution >= 4 is 5.69 Å². The monoisotopic (exact) mass is 236 g/mol. The van der Waals surface area contributed by atoms with Crippen LogP contribution in [0.4, 0.5) is 10.1 Å². The van der Waals surface area contributed by atoms with Crippen LogP contribution < -0.4 is 10.2 Å². The number of benzene rings is 1. The number of hydrogen-bond acceptors (Lipinski definition) is 2. The topological polar surface area (TPSA) is 15.3 Å². The van der Waals surface area contributed by atoms with Crippen LogP contribution in [0.25, 0.3) is 0 Å². The van der Waals surface area contributed by atoms with E-state index in [2.05, 4.69) is 17.1 Å². The van der Waals surface area contributed by atoms with Crippen LogP contribution in [0.2, 0.25) is 0 Å². The predicted molar refractivity (Wildman–Crippen MR) is 69.8 cm³/mol. The fourth-order valence-corrected chi connectivity index (χ4v) is 2.32. The highest BCUT2D eigenvalue weighted by Crippen LogP contribution is 2.23. The van der Waals surface area contributed by atoms with Gasteiger partial charge in [0.15, 0.2) is 0 Å². The van der Waals surface area contributed by atoms with Crippen molar-refractivity contribution in [1.29, 1.82) is 0 Å². The molecule has 1 aliphatic heterocycles. The number of piperidine rings is 1. The molecule has 0 bridgehead atoms. The van der Waals surface area contributed by atoms with Crippen molar-refractivity contribution in [3.63, 3.8) is 0 Å². The van der Waals surface area contributed by atoms with E-state index in [0.29, 0.717) is 0 Å². The lowest BCUT2D eigenvalue weighted by Crippen LogP contribution is -2.30. The molecule has 1 heterocycles. The lowest BCUT2D eigenvalue weighted by Gasteiger charge is -2.29. The molecule has 1 aromatic rings. The molecule has 0 aliphatic carbocycles. The van der Waals surface area contributed by atoms with Gasteiger partial charge in [-0.2, -0.15) is 0 Å². The molecule has 3 heteroatoms. The summed E-state index contributed by atoms with van der Waals surface area (Å²) in [5, 5.41) is 3.21. The number of hydrogen-bond donors (Lipinski definition) is 1.